The first-order chi connectivity index (χ1) is 8.47. The first-order valence-corrected chi connectivity index (χ1v) is 6.11. The molecule has 0 spiro atoms. The molecule has 1 aliphatic carbocycles. The Morgan fingerprint density at radius 2 is 2.17 bits per heavy atom. The summed E-state index contributed by atoms with van der Waals surface area (Å²) < 4.78 is 37.4. The second-order valence-corrected chi connectivity index (χ2v) is 4.81. The van der Waals surface area contributed by atoms with Gasteiger partial charge in [-0.25, -0.2) is 9.97 Å². The molecule has 3 nitrogen and oxygen atoms in total. The van der Waals surface area contributed by atoms with Crippen LogP contribution in [0.1, 0.15) is 31.9 Å². The zero-order chi connectivity index (χ0) is 13.2. The monoisotopic (exact) mass is 259 g/mol. The largest absolute Gasteiger partial charge is 0.433 e. The highest BCUT2D eigenvalue weighted by Gasteiger charge is 2.32. The Balaban J connectivity index is 1.97. The van der Waals surface area contributed by atoms with Gasteiger partial charge in [-0.3, -0.25) is 0 Å². The Hall–Kier alpha value is -1.33. The molecule has 1 aliphatic rings. The number of nitrogens with zero attached hydrogens (tertiary/aromatic N) is 2. The van der Waals surface area contributed by atoms with E-state index in [1.165, 1.54) is 12.8 Å². The highest BCUT2D eigenvalue weighted by atomic mass is 19.4. The first-order valence-electron chi connectivity index (χ1n) is 6.11. The molecule has 100 valence electrons. The summed E-state index contributed by atoms with van der Waals surface area (Å²) >= 11 is 0. The molecular formula is C12H16F3N3. The molecule has 0 radical (unpaired) electrons. The zero-order valence-electron chi connectivity index (χ0n) is 10.2. The van der Waals surface area contributed by atoms with E-state index in [0.717, 1.165) is 18.7 Å². The molecule has 1 aromatic heterocycles. The molecule has 1 fully saturated rings. The first kappa shape index (κ1) is 13.1. The van der Waals surface area contributed by atoms with E-state index in [0.29, 0.717) is 18.4 Å². The molecule has 2 rings (SSSR count). The third-order valence-electron chi connectivity index (χ3n) is 3.51. The number of alkyl halides is 3. The predicted octanol–water partition coefficient (Wildman–Crippen LogP) is 3.34. The van der Waals surface area contributed by atoms with E-state index < -0.39 is 11.9 Å². The zero-order valence-corrected chi connectivity index (χ0v) is 10.2. The van der Waals surface area contributed by atoms with E-state index in [9.17, 15) is 13.2 Å². The standard InChI is InChI=1S/C12H16F3N3/c1-8-3-2-4-9(8)7-17-11-16-6-5-10(18-11)12(13,14)15/h5-6,8-9H,2-4,7H2,1H3,(H,16,17,18). The van der Waals surface area contributed by atoms with Gasteiger partial charge in [0.05, 0.1) is 0 Å². The second-order valence-electron chi connectivity index (χ2n) is 4.81. The molecule has 0 bridgehead atoms. The van der Waals surface area contributed by atoms with Gasteiger partial charge in [-0.1, -0.05) is 19.8 Å². The van der Waals surface area contributed by atoms with Gasteiger partial charge in [-0.15, -0.1) is 0 Å². The summed E-state index contributed by atoms with van der Waals surface area (Å²) in [6.07, 6.45) is 0.218. The summed E-state index contributed by atoms with van der Waals surface area (Å²) in [7, 11) is 0. The van der Waals surface area contributed by atoms with Gasteiger partial charge in [0.15, 0.2) is 0 Å². The SMILES string of the molecule is CC1CCCC1CNc1nccc(C(F)(F)F)n1. The van der Waals surface area contributed by atoms with Crippen molar-refractivity contribution in [3.8, 4) is 0 Å². The lowest BCUT2D eigenvalue weighted by atomic mass is 9.98. The van der Waals surface area contributed by atoms with Gasteiger partial charge >= 0.3 is 6.18 Å². The Morgan fingerprint density at radius 1 is 1.39 bits per heavy atom. The highest BCUT2D eigenvalue weighted by Crippen LogP contribution is 2.31. The van der Waals surface area contributed by atoms with E-state index in [4.69, 9.17) is 0 Å². The van der Waals surface area contributed by atoms with Crippen LogP contribution in [0.5, 0.6) is 0 Å². The van der Waals surface area contributed by atoms with Crippen LogP contribution in [0.25, 0.3) is 0 Å². The minimum atomic E-state index is -4.42. The molecule has 18 heavy (non-hydrogen) atoms. The van der Waals surface area contributed by atoms with Crippen molar-refractivity contribution in [1.29, 1.82) is 0 Å². The van der Waals surface area contributed by atoms with E-state index in [2.05, 4.69) is 22.2 Å². The lowest BCUT2D eigenvalue weighted by molar-refractivity contribution is -0.141. The summed E-state index contributed by atoms with van der Waals surface area (Å²) in [6.45, 7) is 2.81. The summed E-state index contributed by atoms with van der Waals surface area (Å²) in [5.74, 6) is 1.18. The smallest absolute Gasteiger partial charge is 0.354 e. The predicted molar refractivity (Wildman–Crippen MR) is 62.0 cm³/mol. The molecule has 1 aromatic rings. The molecule has 0 aromatic carbocycles. The van der Waals surface area contributed by atoms with Crippen molar-refractivity contribution in [3.05, 3.63) is 18.0 Å². The van der Waals surface area contributed by atoms with Crippen molar-refractivity contribution in [2.45, 2.75) is 32.4 Å². The van der Waals surface area contributed by atoms with Crippen molar-refractivity contribution in [1.82, 2.24) is 9.97 Å². The Morgan fingerprint density at radius 3 is 2.78 bits per heavy atom. The van der Waals surface area contributed by atoms with Crippen LogP contribution in [0.15, 0.2) is 12.3 Å². The van der Waals surface area contributed by atoms with Crippen LogP contribution >= 0.6 is 0 Å². The molecular weight excluding hydrogens is 243 g/mol. The number of rotatable bonds is 3. The molecule has 0 aliphatic heterocycles. The Kier molecular flexibility index (Phi) is 3.73. The topological polar surface area (TPSA) is 37.8 Å². The summed E-state index contributed by atoms with van der Waals surface area (Å²) in [5.41, 5.74) is -0.903. The summed E-state index contributed by atoms with van der Waals surface area (Å²) in [4.78, 5) is 7.30. The minimum absolute atomic E-state index is 0.0592. The van der Waals surface area contributed by atoms with Gasteiger partial charge in [0.1, 0.15) is 5.69 Å². The van der Waals surface area contributed by atoms with Crippen molar-refractivity contribution < 1.29 is 13.2 Å². The van der Waals surface area contributed by atoms with E-state index in [1.54, 1.807) is 0 Å². The molecule has 1 heterocycles. The number of anilines is 1. The maximum absolute atomic E-state index is 12.5. The number of halogens is 3. The van der Waals surface area contributed by atoms with Crippen LogP contribution in [0, 0.1) is 11.8 Å². The lowest BCUT2D eigenvalue weighted by Crippen LogP contribution is -2.19. The van der Waals surface area contributed by atoms with Crippen LogP contribution in [-0.2, 0) is 6.18 Å². The van der Waals surface area contributed by atoms with Crippen molar-refractivity contribution in [3.63, 3.8) is 0 Å². The normalized spacial score (nSPS) is 24.2. The second kappa shape index (κ2) is 5.12. The maximum Gasteiger partial charge on any atom is 0.433 e. The van der Waals surface area contributed by atoms with Crippen molar-refractivity contribution >= 4 is 5.95 Å². The molecule has 1 N–H and O–H groups in total. The van der Waals surface area contributed by atoms with Gasteiger partial charge < -0.3 is 5.32 Å². The van der Waals surface area contributed by atoms with Crippen LogP contribution < -0.4 is 5.32 Å². The number of nitrogens with one attached hydrogen (secondary N) is 1. The number of hydrogen-bond donors (Lipinski definition) is 1. The van der Waals surface area contributed by atoms with Crippen LogP contribution in [0.3, 0.4) is 0 Å². The molecule has 6 heteroatoms. The Bertz CT molecular complexity index is 406. The van der Waals surface area contributed by atoms with Gasteiger partial charge in [-0.2, -0.15) is 13.2 Å². The van der Waals surface area contributed by atoms with Crippen LogP contribution in [-0.4, -0.2) is 16.5 Å². The quantitative estimate of drug-likeness (QED) is 0.904. The molecule has 1 saturated carbocycles. The van der Waals surface area contributed by atoms with Crippen molar-refractivity contribution in [2.24, 2.45) is 11.8 Å². The average Bonchev–Trinajstić information content (AvgIpc) is 2.72. The van der Waals surface area contributed by atoms with E-state index in [-0.39, 0.29) is 5.95 Å². The lowest BCUT2D eigenvalue weighted by Gasteiger charge is -2.16. The number of aromatic nitrogens is 2. The van der Waals surface area contributed by atoms with Crippen molar-refractivity contribution in [2.75, 3.05) is 11.9 Å². The maximum atomic E-state index is 12.5. The Labute approximate surface area is 104 Å². The summed E-state index contributed by atoms with van der Waals surface area (Å²) in [6, 6.07) is 0.878. The van der Waals surface area contributed by atoms with E-state index >= 15 is 0 Å². The molecule has 2 unspecified atom stereocenters. The fraction of sp³-hybridized carbons (Fsp3) is 0.667. The fourth-order valence-electron chi connectivity index (χ4n) is 2.35. The fourth-order valence-corrected chi connectivity index (χ4v) is 2.35. The molecule has 2 atom stereocenters. The molecule has 0 saturated heterocycles. The van der Waals surface area contributed by atoms with Gasteiger partial charge in [0, 0.05) is 12.7 Å². The summed E-state index contributed by atoms with van der Waals surface area (Å²) in [5, 5.41) is 2.91. The van der Waals surface area contributed by atoms with Gasteiger partial charge in [-0.05, 0) is 24.3 Å². The van der Waals surface area contributed by atoms with Gasteiger partial charge in [0.25, 0.3) is 0 Å². The third-order valence-corrected chi connectivity index (χ3v) is 3.51. The van der Waals surface area contributed by atoms with Crippen LogP contribution in [0.2, 0.25) is 0 Å². The van der Waals surface area contributed by atoms with E-state index in [1.807, 2.05) is 0 Å². The minimum Gasteiger partial charge on any atom is -0.354 e. The molecule has 0 amide bonds. The van der Waals surface area contributed by atoms with Gasteiger partial charge in [0.2, 0.25) is 5.95 Å². The number of hydrogen-bond acceptors (Lipinski definition) is 3. The average molecular weight is 259 g/mol. The van der Waals surface area contributed by atoms with Crippen LogP contribution in [0.4, 0.5) is 19.1 Å². The third kappa shape index (κ3) is 3.11. The highest BCUT2D eigenvalue weighted by molar-refractivity contribution is 5.26.